The van der Waals surface area contributed by atoms with Crippen molar-refractivity contribution in [2.75, 3.05) is 7.11 Å². The Balaban J connectivity index is 2.80. The molecule has 0 bridgehead atoms. The Kier molecular flexibility index (Phi) is 2.18. The lowest BCUT2D eigenvalue weighted by molar-refractivity contribution is 0.399. The number of hydrogen-bond donors (Lipinski definition) is 1. The number of ether oxygens (including phenoxy) is 1. The molecule has 0 saturated carbocycles. The Morgan fingerprint density at radius 1 is 1.33 bits per heavy atom. The normalized spacial score (nSPS) is 12.0. The molecular weight excluding hydrogens is 188 g/mol. The number of aromatic amines is 1. The van der Waals surface area contributed by atoms with Crippen LogP contribution in [-0.4, -0.2) is 17.1 Å². The fourth-order valence-corrected chi connectivity index (χ4v) is 1.83. The number of benzene rings is 1. The minimum Gasteiger partial charge on any atom is -0.496 e. The summed E-state index contributed by atoms with van der Waals surface area (Å²) in [5.41, 5.74) is 3.08. The highest BCUT2D eigenvalue weighted by molar-refractivity contribution is 5.82. The molecule has 0 unspecified atom stereocenters. The lowest BCUT2D eigenvalue weighted by atomic mass is 9.85. The van der Waals surface area contributed by atoms with Gasteiger partial charge < -0.3 is 9.72 Å². The summed E-state index contributed by atoms with van der Waals surface area (Å²) >= 11 is 0. The average Bonchev–Trinajstić information content (AvgIpc) is 2.61. The van der Waals surface area contributed by atoms with Gasteiger partial charge in [-0.25, -0.2) is 4.98 Å². The van der Waals surface area contributed by atoms with Crippen molar-refractivity contribution in [1.29, 1.82) is 0 Å². The highest BCUT2D eigenvalue weighted by Crippen LogP contribution is 2.35. The molecule has 1 aromatic carbocycles. The van der Waals surface area contributed by atoms with Gasteiger partial charge in [0.15, 0.2) is 6.33 Å². The molecule has 0 aliphatic heterocycles. The van der Waals surface area contributed by atoms with E-state index in [-0.39, 0.29) is 5.41 Å². The Morgan fingerprint density at radius 3 is 2.67 bits per heavy atom. The van der Waals surface area contributed by atoms with Gasteiger partial charge in [-0.15, -0.1) is 0 Å². The first-order chi connectivity index (χ1) is 7.04. The number of methoxy groups -OCH3 is 1. The van der Waals surface area contributed by atoms with Gasteiger partial charge >= 0.3 is 0 Å². The second-order valence-corrected chi connectivity index (χ2v) is 4.64. The number of hydrogen-bond acceptors (Lipinski definition) is 2. The van der Waals surface area contributed by atoms with Crippen LogP contribution in [0.2, 0.25) is 0 Å². The fraction of sp³-hybridized carbons (Fsp3) is 0.417. The van der Waals surface area contributed by atoms with Gasteiger partial charge in [0.05, 0.1) is 18.1 Å². The van der Waals surface area contributed by atoms with Crippen LogP contribution in [0.4, 0.5) is 0 Å². The molecule has 0 atom stereocenters. The number of fused-ring (bicyclic) bond motifs is 1. The lowest BCUT2D eigenvalue weighted by Crippen LogP contribution is -2.13. The van der Waals surface area contributed by atoms with E-state index < -0.39 is 0 Å². The minimum absolute atomic E-state index is 0.00782. The van der Waals surface area contributed by atoms with Crippen molar-refractivity contribution in [1.82, 2.24) is 9.97 Å². The van der Waals surface area contributed by atoms with E-state index in [2.05, 4.69) is 37.1 Å². The van der Waals surface area contributed by atoms with Crippen molar-refractivity contribution >= 4 is 11.0 Å². The highest BCUT2D eigenvalue weighted by atomic mass is 16.5. The van der Waals surface area contributed by atoms with Crippen molar-refractivity contribution in [3.8, 4) is 5.75 Å². The molecule has 15 heavy (non-hydrogen) atoms. The van der Waals surface area contributed by atoms with Gasteiger partial charge in [-0.3, -0.25) is 0 Å². The summed E-state index contributed by atoms with van der Waals surface area (Å²) < 4.78 is 5.38. The minimum atomic E-state index is 0.00782. The summed E-state index contributed by atoms with van der Waals surface area (Å²) in [6.07, 6.45) is 2.77. The van der Waals surface area contributed by atoms with Crippen molar-refractivity contribution in [2.24, 2.45) is 0 Å². The first kappa shape index (κ1) is 10.0. The first-order valence-electron chi connectivity index (χ1n) is 4.97. The van der Waals surface area contributed by atoms with Crippen LogP contribution < -0.4 is 4.74 Å². The molecule has 2 rings (SSSR count). The monoisotopic (exact) mass is 203 g/mol. The van der Waals surface area contributed by atoms with Crippen LogP contribution in [0.5, 0.6) is 5.75 Å². The molecule has 0 saturated heterocycles. The zero-order valence-corrected chi connectivity index (χ0v) is 9.51. The summed E-state index contributed by atoms with van der Waals surface area (Å²) in [4.78, 5) is 7.22. The summed E-state index contributed by atoms with van der Waals surface area (Å²) in [6.45, 7) is 6.46. The molecule has 0 amide bonds. The van der Waals surface area contributed by atoms with E-state index in [1.807, 2.05) is 12.1 Å². The van der Waals surface area contributed by atoms with Crippen LogP contribution in [0.25, 0.3) is 11.0 Å². The Labute approximate surface area is 89.5 Å². The standard InChI is InChI=1S/C12H15N2O/c1-12(2,3)10-9(15-4)6-5-8-11(10)14-7-13-8/h5-6H,1-4H3,(H,13,14). The quantitative estimate of drug-likeness (QED) is 0.773. The van der Waals surface area contributed by atoms with Crippen LogP contribution in [0.15, 0.2) is 12.1 Å². The maximum absolute atomic E-state index is 5.38. The number of imidazole rings is 1. The summed E-state index contributed by atoms with van der Waals surface area (Å²) in [6, 6.07) is 3.93. The number of H-pyrrole nitrogens is 1. The summed E-state index contributed by atoms with van der Waals surface area (Å²) in [7, 11) is 1.69. The molecule has 2 aromatic rings. The van der Waals surface area contributed by atoms with Crippen LogP contribution >= 0.6 is 0 Å². The van der Waals surface area contributed by atoms with Crippen molar-refractivity contribution in [2.45, 2.75) is 26.2 Å². The Hall–Kier alpha value is -1.51. The smallest absolute Gasteiger partial charge is 0.174 e. The maximum atomic E-state index is 5.38. The Bertz CT molecular complexity index is 480. The maximum Gasteiger partial charge on any atom is 0.174 e. The van der Waals surface area contributed by atoms with E-state index >= 15 is 0 Å². The molecule has 1 heterocycles. The van der Waals surface area contributed by atoms with Crippen LogP contribution in [0.1, 0.15) is 26.3 Å². The molecule has 1 N–H and O–H groups in total. The first-order valence-corrected chi connectivity index (χ1v) is 4.97. The largest absolute Gasteiger partial charge is 0.496 e. The van der Waals surface area contributed by atoms with Gasteiger partial charge in [-0.05, 0) is 17.5 Å². The number of nitrogens with one attached hydrogen (secondary N) is 1. The second kappa shape index (κ2) is 3.26. The van der Waals surface area contributed by atoms with E-state index in [0.29, 0.717) is 0 Å². The third-order valence-corrected chi connectivity index (χ3v) is 2.47. The zero-order chi connectivity index (χ0) is 11.1. The average molecular weight is 203 g/mol. The molecular formula is C12H15N2O. The van der Waals surface area contributed by atoms with E-state index in [0.717, 1.165) is 22.3 Å². The Morgan fingerprint density at radius 2 is 2.07 bits per heavy atom. The number of nitrogens with zero attached hydrogens (tertiary/aromatic N) is 1. The SMILES string of the molecule is COc1ccc2[nH][c]nc2c1C(C)(C)C. The van der Waals surface area contributed by atoms with Gasteiger partial charge in [0.2, 0.25) is 0 Å². The van der Waals surface area contributed by atoms with Gasteiger partial charge in [0.1, 0.15) is 5.75 Å². The molecule has 0 fully saturated rings. The lowest BCUT2D eigenvalue weighted by Gasteiger charge is -2.22. The van der Waals surface area contributed by atoms with E-state index in [4.69, 9.17) is 4.74 Å². The van der Waals surface area contributed by atoms with Crippen molar-refractivity contribution in [3.63, 3.8) is 0 Å². The van der Waals surface area contributed by atoms with Crippen LogP contribution in [0.3, 0.4) is 0 Å². The fourth-order valence-electron chi connectivity index (χ4n) is 1.83. The molecule has 1 radical (unpaired) electrons. The van der Waals surface area contributed by atoms with Crippen molar-refractivity contribution in [3.05, 3.63) is 24.0 Å². The molecule has 0 aliphatic rings. The van der Waals surface area contributed by atoms with E-state index in [1.165, 1.54) is 0 Å². The highest BCUT2D eigenvalue weighted by Gasteiger charge is 2.23. The summed E-state index contributed by atoms with van der Waals surface area (Å²) in [5.74, 6) is 0.885. The zero-order valence-electron chi connectivity index (χ0n) is 9.51. The van der Waals surface area contributed by atoms with Gasteiger partial charge in [0, 0.05) is 5.56 Å². The van der Waals surface area contributed by atoms with Crippen molar-refractivity contribution < 1.29 is 4.74 Å². The predicted molar refractivity (Wildman–Crippen MR) is 60.2 cm³/mol. The molecule has 3 nitrogen and oxygen atoms in total. The van der Waals surface area contributed by atoms with E-state index in [1.54, 1.807) is 7.11 Å². The third-order valence-electron chi connectivity index (χ3n) is 2.47. The number of aromatic nitrogens is 2. The third kappa shape index (κ3) is 1.58. The second-order valence-electron chi connectivity index (χ2n) is 4.64. The van der Waals surface area contributed by atoms with E-state index in [9.17, 15) is 0 Å². The van der Waals surface area contributed by atoms with Gasteiger partial charge in [-0.1, -0.05) is 20.8 Å². The molecule has 1 aromatic heterocycles. The molecule has 3 heteroatoms. The van der Waals surface area contributed by atoms with Gasteiger partial charge in [0.25, 0.3) is 0 Å². The van der Waals surface area contributed by atoms with Crippen LogP contribution in [0, 0.1) is 6.33 Å². The molecule has 0 spiro atoms. The predicted octanol–water partition coefficient (Wildman–Crippen LogP) is 2.67. The molecule has 0 aliphatic carbocycles. The topological polar surface area (TPSA) is 37.9 Å². The van der Waals surface area contributed by atoms with Crippen LogP contribution in [-0.2, 0) is 5.41 Å². The molecule has 79 valence electrons. The summed E-state index contributed by atoms with van der Waals surface area (Å²) in [5, 5.41) is 0. The van der Waals surface area contributed by atoms with Gasteiger partial charge in [-0.2, -0.15) is 0 Å². The number of rotatable bonds is 1.